The van der Waals surface area contributed by atoms with Crippen LogP contribution < -0.4 is 4.74 Å². The van der Waals surface area contributed by atoms with Gasteiger partial charge in [-0.2, -0.15) is 11.8 Å². The Morgan fingerprint density at radius 3 is 2.80 bits per heavy atom. The molecule has 0 radical (unpaired) electrons. The molecule has 1 aromatic carbocycles. The van der Waals surface area contributed by atoms with Crippen LogP contribution in [0, 0.1) is 11.8 Å². The van der Waals surface area contributed by atoms with E-state index in [9.17, 15) is 0 Å². The second kappa shape index (κ2) is 9.71. The topological polar surface area (TPSA) is 32.7 Å². The van der Waals surface area contributed by atoms with Gasteiger partial charge in [0, 0.05) is 30.0 Å². The number of ether oxygens (including phenoxy) is 1. The highest BCUT2D eigenvalue weighted by Gasteiger charge is 2.03. The zero-order valence-electron chi connectivity index (χ0n) is 12.5. The monoisotopic (exact) mass is 293 g/mol. The minimum absolute atomic E-state index is 0.107. The van der Waals surface area contributed by atoms with Crippen LogP contribution >= 0.6 is 11.8 Å². The minimum Gasteiger partial charge on any atom is -0.497 e. The molecule has 0 saturated heterocycles. The summed E-state index contributed by atoms with van der Waals surface area (Å²) in [4.78, 5) is 2.18. The van der Waals surface area contributed by atoms with Gasteiger partial charge in [0.2, 0.25) is 0 Å². The van der Waals surface area contributed by atoms with Crippen molar-refractivity contribution in [3.05, 3.63) is 29.3 Å². The molecule has 1 aromatic rings. The standard InChI is InChI=1S/C16H23NO2S/c1-17(2)9-11-20-13-15-12-16(19-3)8-7-14(15)6-4-5-10-18/h7-8,12,18H,5,9-11,13H2,1-3H3. The third kappa shape index (κ3) is 6.33. The fraction of sp³-hybridized carbons (Fsp3) is 0.500. The molecule has 110 valence electrons. The lowest BCUT2D eigenvalue weighted by atomic mass is 10.1. The van der Waals surface area contributed by atoms with E-state index in [4.69, 9.17) is 9.84 Å². The molecule has 1 rings (SSSR count). The van der Waals surface area contributed by atoms with Crippen molar-refractivity contribution in [3.63, 3.8) is 0 Å². The Morgan fingerprint density at radius 2 is 2.15 bits per heavy atom. The van der Waals surface area contributed by atoms with Crippen molar-refractivity contribution in [1.29, 1.82) is 0 Å². The van der Waals surface area contributed by atoms with Crippen LogP contribution in [0.4, 0.5) is 0 Å². The number of aliphatic hydroxyl groups excluding tert-OH is 1. The summed E-state index contributed by atoms with van der Waals surface area (Å²) >= 11 is 1.89. The number of aliphatic hydroxyl groups is 1. The van der Waals surface area contributed by atoms with Gasteiger partial charge in [0.05, 0.1) is 13.7 Å². The molecule has 0 unspecified atom stereocenters. The van der Waals surface area contributed by atoms with Gasteiger partial charge < -0.3 is 14.7 Å². The van der Waals surface area contributed by atoms with E-state index in [1.54, 1.807) is 7.11 Å². The van der Waals surface area contributed by atoms with Gasteiger partial charge in [-0.05, 0) is 37.9 Å². The van der Waals surface area contributed by atoms with Gasteiger partial charge in [0.1, 0.15) is 5.75 Å². The van der Waals surface area contributed by atoms with Crippen molar-refractivity contribution in [2.75, 3.05) is 40.1 Å². The van der Waals surface area contributed by atoms with E-state index in [0.717, 1.165) is 29.4 Å². The van der Waals surface area contributed by atoms with E-state index in [1.165, 1.54) is 5.56 Å². The van der Waals surface area contributed by atoms with Crippen LogP contribution in [0.1, 0.15) is 17.5 Å². The molecule has 0 spiro atoms. The summed E-state index contributed by atoms with van der Waals surface area (Å²) in [7, 11) is 5.84. The lowest BCUT2D eigenvalue weighted by molar-refractivity contribution is 0.305. The summed E-state index contributed by atoms with van der Waals surface area (Å²) in [6.07, 6.45) is 0.513. The molecule has 0 heterocycles. The molecule has 0 atom stereocenters. The summed E-state index contributed by atoms with van der Waals surface area (Å²) in [6, 6.07) is 5.97. The van der Waals surface area contributed by atoms with Gasteiger partial charge in [-0.25, -0.2) is 0 Å². The number of hydrogen-bond donors (Lipinski definition) is 1. The number of hydrogen-bond acceptors (Lipinski definition) is 4. The molecule has 0 aromatic heterocycles. The number of nitrogens with zero attached hydrogens (tertiary/aromatic N) is 1. The van der Waals surface area contributed by atoms with Crippen LogP contribution in [-0.4, -0.2) is 50.1 Å². The Kier molecular flexibility index (Phi) is 8.20. The fourth-order valence-corrected chi connectivity index (χ4v) is 2.68. The predicted octanol–water partition coefficient (Wildman–Crippen LogP) is 2.22. The Bertz CT molecular complexity index is 463. The zero-order valence-corrected chi connectivity index (χ0v) is 13.3. The average molecular weight is 293 g/mol. The summed E-state index contributed by atoms with van der Waals surface area (Å²) < 4.78 is 5.27. The highest BCUT2D eigenvalue weighted by Crippen LogP contribution is 2.21. The van der Waals surface area contributed by atoms with E-state index < -0.39 is 0 Å². The van der Waals surface area contributed by atoms with Gasteiger partial charge in [-0.1, -0.05) is 11.8 Å². The maximum Gasteiger partial charge on any atom is 0.119 e. The molecule has 4 heteroatoms. The Labute approximate surface area is 126 Å². The summed E-state index contributed by atoms with van der Waals surface area (Å²) in [5, 5.41) is 8.79. The molecule has 3 nitrogen and oxygen atoms in total. The largest absolute Gasteiger partial charge is 0.497 e. The van der Waals surface area contributed by atoms with Crippen molar-refractivity contribution in [1.82, 2.24) is 4.90 Å². The highest BCUT2D eigenvalue weighted by molar-refractivity contribution is 7.98. The normalized spacial score (nSPS) is 10.2. The Morgan fingerprint density at radius 1 is 1.35 bits per heavy atom. The molecule has 0 fully saturated rings. The third-order valence-electron chi connectivity index (χ3n) is 2.71. The highest BCUT2D eigenvalue weighted by atomic mass is 32.2. The molecule has 0 bridgehead atoms. The van der Waals surface area contributed by atoms with Gasteiger partial charge in [0.15, 0.2) is 0 Å². The van der Waals surface area contributed by atoms with E-state index in [-0.39, 0.29) is 6.61 Å². The average Bonchev–Trinajstić information content (AvgIpc) is 2.44. The van der Waals surface area contributed by atoms with Crippen LogP contribution in [-0.2, 0) is 5.75 Å². The van der Waals surface area contributed by atoms with Gasteiger partial charge in [-0.3, -0.25) is 0 Å². The van der Waals surface area contributed by atoms with Crippen molar-refractivity contribution in [2.24, 2.45) is 0 Å². The first-order valence-electron chi connectivity index (χ1n) is 6.66. The molecule has 0 aliphatic heterocycles. The van der Waals surface area contributed by atoms with Crippen LogP contribution in [0.2, 0.25) is 0 Å². The smallest absolute Gasteiger partial charge is 0.119 e. The Balaban J connectivity index is 2.71. The summed E-state index contributed by atoms with van der Waals surface area (Å²) in [5.41, 5.74) is 2.22. The molecular weight excluding hydrogens is 270 g/mol. The molecule has 20 heavy (non-hydrogen) atoms. The van der Waals surface area contributed by atoms with Crippen molar-refractivity contribution in [2.45, 2.75) is 12.2 Å². The fourth-order valence-electron chi connectivity index (χ4n) is 1.58. The quantitative estimate of drug-likeness (QED) is 0.617. The second-order valence-electron chi connectivity index (χ2n) is 4.65. The summed E-state index contributed by atoms with van der Waals surface area (Å²) in [6.45, 7) is 1.18. The first-order valence-corrected chi connectivity index (χ1v) is 7.82. The number of benzene rings is 1. The van der Waals surface area contributed by atoms with Crippen LogP contribution in [0.5, 0.6) is 5.75 Å². The van der Waals surface area contributed by atoms with Gasteiger partial charge in [-0.15, -0.1) is 0 Å². The molecule has 0 aliphatic rings. The van der Waals surface area contributed by atoms with Crippen LogP contribution in [0.3, 0.4) is 0 Å². The number of rotatable bonds is 7. The van der Waals surface area contributed by atoms with Crippen LogP contribution in [0.25, 0.3) is 0 Å². The van der Waals surface area contributed by atoms with Gasteiger partial charge >= 0.3 is 0 Å². The van der Waals surface area contributed by atoms with E-state index in [2.05, 4.69) is 30.8 Å². The molecule has 1 N–H and O–H groups in total. The van der Waals surface area contributed by atoms with Crippen molar-refractivity contribution in [3.8, 4) is 17.6 Å². The molecule has 0 aliphatic carbocycles. The molecule has 0 saturated carbocycles. The zero-order chi connectivity index (χ0) is 14.8. The maximum absolute atomic E-state index is 8.79. The van der Waals surface area contributed by atoms with E-state index in [0.29, 0.717) is 6.42 Å². The minimum atomic E-state index is 0.107. The second-order valence-corrected chi connectivity index (χ2v) is 5.76. The lowest BCUT2D eigenvalue weighted by Gasteiger charge is -2.10. The SMILES string of the molecule is COc1ccc(C#CCCO)c(CSCCN(C)C)c1. The van der Waals surface area contributed by atoms with Crippen LogP contribution in [0.15, 0.2) is 18.2 Å². The number of methoxy groups -OCH3 is 1. The third-order valence-corrected chi connectivity index (χ3v) is 3.70. The predicted molar refractivity (Wildman–Crippen MR) is 86.3 cm³/mol. The first kappa shape index (κ1) is 16.9. The van der Waals surface area contributed by atoms with E-state index >= 15 is 0 Å². The Hall–Kier alpha value is -1.15. The maximum atomic E-state index is 8.79. The van der Waals surface area contributed by atoms with Crippen molar-refractivity contribution < 1.29 is 9.84 Å². The van der Waals surface area contributed by atoms with Gasteiger partial charge in [0.25, 0.3) is 0 Å². The lowest BCUT2D eigenvalue weighted by Crippen LogP contribution is -2.14. The first-order chi connectivity index (χ1) is 9.67. The van der Waals surface area contributed by atoms with Crippen molar-refractivity contribution >= 4 is 11.8 Å². The molecular formula is C16H23NO2S. The number of thioether (sulfide) groups is 1. The molecule has 0 amide bonds. The van der Waals surface area contributed by atoms with E-state index in [1.807, 2.05) is 30.0 Å². The summed E-state index contributed by atoms with van der Waals surface area (Å²) in [5.74, 6) is 8.98.